The minimum absolute atomic E-state index is 0.0759. The van der Waals surface area contributed by atoms with Crippen LogP contribution in [0.4, 0.5) is 16.3 Å². The van der Waals surface area contributed by atoms with Crippen LogP contribution in [0.15, 0.2) is 53.2 Å². The summed E-state index contributed by atoms with van der Waals surface area (Å²) < 4.78 is 11.5. The number of carbonyl (C=O) groups is 2. The maximum atomic E-state index is 12.8. The van der Waals surface area contributed by atoms with E-state index in [9.17, 15) is 9.59 Å². The molecule has 2 saturated heterocycles. The number of Topliss-reactive ketones (excluding diaryl/α,β-unsaturated/α-hetero) is 1. The molecule has 2 aromatic heterocycles. The number of piperidine rings is 1. The minimum Gasteiger partial charge on any atom is -0.489 e. The predicted molar refractivity (Wildman–Crippen MR) is 145 cm³/mol. The van der Waals surface area contributed by atoms with Gasteiger partial charge in [0.2, 0.25) is 0 Å². The summed E-state index contributed by atoms with van der Waals surface area (Å²) in [4.78, 5) is 31.9. The van der Waals surface area contributed by atoms with Gasteiger partial charge in [-0.1, -0.05) is 38.1 Å². The second-order valence-corrected chi connectivity index (χ2v) is 11.3. The lowest BCUT2D eigenvalue weighted by atomic mass is 9.93. The van der Waals surface area contributed by atoms with Crippen molar-refractivity contribution in [2.24, 2.45) is 0 Å². The first-order valence-corrected chi connectivity index (χ1v) is 13.2. The first-order chi connectivity index (χ1) is 18.1. The number of aromatic nitrogens is 2. The van der Waals surface area contributed by atoms with Crippen LogP contribution in [-0.2, 0) is 11.8 Å². The molecule has 5 rings (SSSR count). The van der Waals surface area contributed by atoms with Crippen molar-refractivity contribution < 1.29 is 18.8 Å². The van der Waals surface area contributed by atoms with Gasteiger partial charge in [0.15, 0.2) is 11.6 Å². The quantitative estimate of drug-likeness (QED) is 0.402. The molecule has 2 amide bonds. The van der Waals surface area contributed by atoms with E-state index in [0.29, 0.717) is 40.8 Å². The number of ether oxygens (including phenoxy) is 1. The van der Waals surface area contributed by atoms with Crippen molar-refractivity contribution in [2.75, 3.05) is 17.7 Å². The first-order valence-electron chi connectivity index (χ1n) is 13.2. The van der Waals surface area contributed by atoms with Crippen LogP contribution in [-0.4, -0.2) is 52.1 Å². The summed E-state index contributed by atoms with van der Waals surface area (Å²) in [5.41, 5.74) is 1.63. The Morgan fingerprint density at radius 2 is 1.76 bits per heavy atom. The van der Waals surface area contributed by atoms with Crippen molar-refractivity contribution in [3.8, 4) is 5.75 Å². The molecule has 4 heterocycles. The molecule has 3 aromatic rings. The lowest BCUT2D eigenvalue weighted by molar-refractivity contribution is 0.0659. The fraction of sp³-hybridized carbons (Fsp3) is 0.448. The molecule has 2 aliphatic heterocycles. The van der Waals surface area contributed by atoms with E-state index in [2.05, 4.69) is 32.7 Å². The predicted octanol–water partition coefficient (Wildman–Crippen LogP) is 5.44. The summed E-state index contributed by atoms with van der Waals surface area (Å²) in [5.74, 6) is 1.66. The normalized spacial score (nSPS) is 21.2. The zero-order chi connectivity index (χ0) is 26.9. The van der Waals surface area contributed by atoms with Gasteiger partial charge in [0.05, 0.1) is 6.20 Å². The summed E-state index contributed by atoms with van der Waals surface area (Å²) in [5, 5.41) is 9.30. The minimum atomic E-state index is -0.429. The summed E-state index contributed by atoms with van der Waals surface area (Å²) in [6.07, 6.45) is 6.65. The van der Waals surface area contributed by atoms with Crippen LogP contribution >= 0.6 is 0 Å². The number of rotatable bonds is 7. The molecule has 38 heavy (non-hydrogen) atoms. The van der Waals surface area contributed by atoms with Crippen molar-refractivity contribution in [3.05, 3.63) is 65.7 Å². The number of fused-ring (bicyclic) bond motifs is 2. The molecule has 0 aliphatic carbocycles. The largest absolute Gasteiger partial charge is 0.489 e. The van der Waals surface area contributed by atoms with E-state index in [1.807, 2.05) is 39.0 Å². The molecule has 2 atom stereocenters. The number of carbonyl (C=O) groups excluding carboxylic acids is 2. The van der Waals surface area contributed by atoms with E-state index in [0.717, 1.165) is 18.4 Å². The lowest BCUT2D eigenvalue weighted by Crippen LogP contribution is -2.43. The average Bonchev–Trinajstić information content (AvgIpc) is 3.41. The van der Waals surface area contributed by atoms with Crippen molar-refractivity contribution >= 4 is 23.3 Å². The highest BCUT2D eigenvalue weighted by Gasteiger charge is 2.39. The SMILES string of the molecule is CN1C2CCC1CC(Oc1ccc(C(=O)Cc3ccc(NC(=O)Nc4cc(C(C)(C)C)on4)cc3)nc1)C2. The lowest BCUT2D eigenvalue weighted by Gasteiger charge is -2.36. The Bertz CT molecular complexity index is 1270. The van der Waals surface area contributed by atoms with E-state index in [-0.39, 0.29) is 23.7 Å². The number of nitrogens with one attached hydrogen (secondary N) is 2. The van der Waals surface area contributed by atoms with Crippen LogP contribution < -0.4 is 15.4 Å². The first kappa shape index (κ1) is 25.9. The van der Waals surface area contributed by atoms with E-state index in [4.69, 9.17) is 9.26 Å². The van der Waals surface area contributed by atoms with E-state index in [1.165, 1.54) is 12.8 Å². The van der Waals surface area contributed by atoms with Gasteiger partial charge in [-0.05, 0) is 62.6 Å². The molecular formula is C29H35N5O4. The maximum absolute atomic E-state index is 12.8. The van der Waals surface area contributed by atoms with Gasteiger partial charge >= 0.3 is 6.03 Å². The molecule has 2 N–H and O–H groups in total. The number of urea groups is 1. The highest BCUT2D eigenvalue weighted by Crippen LogP contribution is 2.35. The summed E-state index contributed by atoms with van der Waals surface area (Å²) >= 11 is 0. The van der Waals surface area contributed by atoms with Crippen LogP contribution in [0.2, 0.25) is 0 Å². The number of ketones is 1. The van der Waals surface area contributed by atoms with Crippen LogP contribution in [0.25, 0.3) is 0 Å². The zero-order valence-corrected chi connectivity index (χ0v) is 22.4. The van der Waals surface area contributed by atoms with Crippen molar-refractivity contribution in [1.82, 2.24) is 15.0 Å². The van der Waals surface area contributed by atoms with E-state index < -0.39 is 6.03 Å². The molecule has 1 aromatic carbocycles. The van der Waals surface area contributed by atoms with Crippen LogP contribution in [0.5, 0.6) is 5.75 Å². The third-order valence-electron chi connectivity index (χ3n) is 7.45. The molecular weight excluding hydrogens is 482 g/mol. The number of anilines is 2. The molecule has 0 radical (unpaired) electrons. The van der Waals surface area contributed by atoms with Gasteiger partial charge in [-0.2, -0.15) is 0 Å². The van der Waals surface area contributed by atoms with Gasteiger partial charge in [-0.3, -0.25) is 10.1 Å². The highest BCUT2D eigenvalue weighted by molar-refractivity contribution is 5.99. The van der Waals surface area contributed by atoms with Crippen LogP contribution in [0.1, 0.15) is 68.3 Å². The standard InChI is InChI=1S/C29H35N5O4/c1-29(2,3)26-16-27(33-38-26)32-28(36)31-19-7-5-18(6-8-19)13-25(35)24-12-11-22(17-30-24)37-23-14-20-9-10-21(15-23)34(20)4/h5-8,11-12,16-17,20-21,23H,9-10,13-15H2,1-4H3,(H2,31,32,33,36). The van der Waals surface area contributed by atoms with Crippen molar-refractivity contribution in [2.45, 2.75) is 76.5 Å². The number of hydrogen-bond donors (Lipinski definition) is 2. The summed E-state index contributed by atoms with van der Waals surface area (Å²) in [7, 11) is 2.21. The van der Waals surface area contributed by atoms with Gasteiger partial charge in [0, 0.05) is 35.7 Å². The molecule has 2 unspecified atom stereocenters. The Morgan fingerprint density at radius 3 is 2.37 bits per heavy atom. The number of nitrogens with zero attached hydrogens (tertiary/aromatic N) is 3. The fourth-order valence-corrected chi connectivity index (χ4v) is 5.21. The Labute approximate surface area is 222 Å². The van der Waals surface area contributed by atoms with Gasteiger partial charge in [-0.25, -0.2) is 9.78 Å². The Kier molecular flexibility index (Phi) is 7.21. The number of benzene rings is 1. The number of amides is 2. The van der Waals surface area contributed by atoms with Gasteiger partial charge in [0.1, 0.15) is 23.3 Å². The monoisotopic (exact) mass is 517 g/mol. The molecule has 2 fully saturated rings. The Balaban J connectivity index is 1.10. The fourth-order valence-electron chi connectivity index (χ4n) is 5.21. The highest BCUT2D eigenvalue weighted by atomic mass is 16.5. The zero-order valence-electron chi connectivity index (χ0n) is 22.4. The Hall–Kier alpha value is -3.72. The smallest absolute Gasteiger partial charge is 0.324 e. The molecule has 2 bridgehead atoms. The van der Waals surface area contributed by atoms with Gasteiger partial charge < -0.3 is 19.5 Å². The topological polar surface area (TPSA) is 110 Å². The summed E-state index contributed by atoms with van der Waals surface area (Å²) in [6, 6.07) is 13.2. The Morgan fingerprint density at radius 1 is 1.05 bits per heavy atom. The van der Waals surface area contributed by atoms with Crippen molar-refractivity contribution in [1.29, 1.82) is 0 Å². The van der Waals surface area contributed by atoms with Gasteiger partial charge in [-0.15, -0.1) is 0 Å². The van der Waals surface area contributed by atoms with Crippen LogP contribution in [0, 0.1) is 0 Å². The molecule has 0 saturated carbocycles. The molecule has 200 valence electrons. The molecule has 0 spiro atoms. The summed E-state index contributed by atoms with van der Waals surface area (Å²) in [6.45, 7) is 6.01. The molecule has 9 nitrogen and oxygen atoms in total. The van der Waals surface area contributed by atoms with E-state index in [1.54, 1.807) is 30.5 Å². The van der Waals surface area contributed by atoms with Gasteiger partial charge in [0.25, 0.3) is 0 Å². The van der Waals surface area contributed by atoms with E-state index >= 15 is 0 Å². The number of pyridine rings is 1. The second-order valence-electron chi connectivity index (χ2n) is 11.3. The maximum Gasteiger partial charge on any atom is 0.324 e. The van der Waals surface area contributed by atoms with Crippen LogP contribution in [0.3, 0.4) is 0 Å². The molecule has 2 aliphatic rings. The third-order valence-corrected chi connectivity index (χ3v) is 7.45. The number of hydrogen-bond acceptors (Lipinski definition) is 7. The third kappa shape index (κ3) is 6.05. The average molecular weight is 518 g/mol. The van der Waals surface area contributed by atoms with Crippen molar-refractivity contribution in [3.63, 3.8) is 0 Å². The second kappa shape index (κ2) is 10.6. The molecule has 9 heteroatoms.